The van der Waals surface area contributed by atoms with Gasteiger partial charge in [0.05, 0.1) is 5.69 Å². The molecule has 0 aliphatic carbocycles. The molecule has 12 nitrogen and oxygen atoms in total. The van der Waals surface area contributed by atoms with Crippen molar-refractivity contribution in [3.8, 4) is 0 Å². The largest absolute Gasteiger partial charge is 0.263 e. The fraction of sp³-hybridized carbons (Fsp3) is 0.0625. The van der Waals surface area contributed by atoms with E-state index in [1.54, 1.807) is 24.3 Å². The molecule has 0 fully saturated rings. The van der Waals surface area contributed by atoms with Gasteiger partial charge in [-0.1, -0.05) is 18.2 Å². The average molecular weight is 492 g/mol. The molecular formula is C16H18F6N12. The van der Waals surface area contributed by atoms with Crippen LogP contribution in [0, 0.1) is 0 Å². The molecule has 0 spiro atoms. The molecule has 0 aromatic heterocycles. The third-order valence-electron chi connectivity index (χ3n) is 3.20. The fourth-order valence-corrected chi connectivity index (χ4v) is 1.97. The van der Waals surface area contributed by atoms with Gasteiger partial charge in [-0.2, -0.15) is 26.3 Å². The molecule has 4 rings (SSSR count). The number of nitrogens with one attached hydrogen (secondary N) is 5. The van der Waals surface area contributed by atoms with E-state index in [0.717, 1.165) is 10.5 Å². The number of hydrogen-bond acceptors (Lipinski definition) is 12. The van der Waals surface area contributed by atoms with Gasteiger partial charge in [0.15, 0.2) is 0 Å². The highest BCUT2D eigenvalue weighted by Gasteiger charge is 2.12. The Balaban J connectivity index is 0.000000189. The maximum Gasteiger partial charge on any atom is 0.239 e. The Morgan fingerprint density at radius 3 is 1.65 bits per heavy atom. The van der Waals surface area contributed by atoms with Crippen LogP contribution in [0.5, 0.6) is 0 Å². The van der Waals surface area contributed by atoms with Crippen LogP contribution >= 0.6 is 0 Å². The molecule has 3 aliphatic heterocycles. The van der Waals surface area contributed by atoms with Gasteiger partial charge in [0.2, 0.25) is 35.7 Å². The van der Waals surface area contributed by atoms with Gasteiger partial charge in [0.1, 0.15) is 0 Å². The van der Waals surface area contributed by atoms with Gasteiger partial charge in [-0.05, 0) is 12.1 Å². The molecule has 3 aliphatic rings. The van der Waals surface area contributed by atoms with E-state index < -0.39 is 35.7 Å². The quantitative estimate of drug-likeness (QED) is 0.212. The maximum atomic E-state index is 12.7. The van der Waals surface area contributed by atoms with Gasteiger partial charge in [0.25, 0.3) is 0 Å². The van der Waals surface area contributed by atoms with Gasteiger partial charge < -0.3 is 0 Å². The van der Waals surface area contributed by atoms with Gasteiger partial charge in [0, 0.05) is 25.3 Å². The highest BCUT2D eigenvalue weighted by atomic mass is 19.2. The zero-order valence-corrected chi connectivity index (χ0v) is 17.1. The van der Waals surface area contributed by atoms with E-state index in [1.807, 2.05) is 11.5 Å². The smallest absolute Gasteiger partial charge is 0.239 e. The van der Waals surface area contributed by atoms with Crippen LogP contribution < -0.4 is 33.0 Å². The fourth-order valence-electron chi connectivity index (χ4n) is 1.97. The number of rotatable bonds is 3. The van der Waals surface area contributed by atoms with Gasteiger partial charge in [-0.15, -0.1) is 31.0 Å². The van der Waals surface area contributed by atoms with E-state index in [1.165, 1.54) is 7.05 Å². The van der Waals surface area contributed by atoms with Crippen LogP contribution in [-0.2, 0) is 0 Å². The predicted molar refractivity (Wildman–Crippen MR) is 111 cm³/mol. The summed E-state index contributed by atoms with van der Waals surface area (Å²) in [6.07, 6.45) is 1.89. The minimum Gasteiger partial charge on any atom is -0.263 e. The lowest BCUT2D eigenvalue weighted by molar-refractivity contribution is 0.132. The van der Waals surface area contributed by atoms with Crippen LogP contribution in [-0.4, -0.2) is 40.6 Å². The molecular weight excluding hydrogens is 474 g/mol. The zero-order valence-electron chi connectivity index (χ0n) is 17.1. The monoisotopic (exact) mass is 492 g/mol. The second-order valence-electron chi connectivity index (χ2n) is 5.75. The zero-order chi connectivity index (χ0) is 25.1. The topological polar surface area (TPSA) is 133 Å². The molecule has 0 saturated carbocycles. The number of nitrogens with zero attached hydrogens (tertiary/aromatic N) is 6. The summed E-state index contributed by atoms with van der Waals surface area (Å²) in [6, 6.07) is 8.90. The van der Waals surface area contributed by atoms with Gasteiger partial charge in [-0.25, -0.2) is 27.5 Å². The maximum absolute atomic E-state index is 12.7. The van der Waals surface area contributed by atoms with Crippen molar-refractivity contribution in [3.05, 3.63) is 66.4 Å². The predicted octanol–water partition coefficient (Wildman–Crippen LogP) is 1.74. The summed E-state index contributed by atoms with van der Waals surface area (Å²) in [5, 5.41) is 11.7. The van der Waals surface area contributed by atoms with Crippen molar-refractivity contribution in [1.82, 2.24) is 37.4 Å². The van der Waals surface area contributed by atoms with Crippen LogP contribution in [0.2, 0.25) is 0 Å². The second-order valence-corrected chi connectivity index (χ2v) is 5.75. The van der Waals surface area contributed by atoms with Crippen LogP contribution in [0.15, 0.2) is 81.7 Å². The lowest BCUT2D eigenvalue weighted by Crippen LogP contribution is -2.43. The first-order valence-electron chi connectivity index (χ1n) is 8.92. The van der Waals surface area contributed by atoms with Gasteiger partial charge >= 0.3 is 0 Å². The minimum atomic E-state index is -0.964. The summed E-state index contributed by atoms with van der Waals surface area (Å²) < 4.78 is 73.8. The summed E-state index contributed by atoms with van der Waals surface area (Å²) in [5.74, 6) is -0.400. The standard InChI is InChI=1S/C9H8F2N4.C4H6F2N4.C3H4F2N4/c10-8-6-9(11)14-15(13-8)12-7-4-2-1-3-5-7;1-7-10-8-3(5)2-4(6)9-10;4-2-1-3(5)8-9(6)7-2/h1-6,12-13H;2,7-8H,1H3;1,7H,6H2. The number of nitrogens with two attached hydrogens (primary N) is 1. The molecule has 3 heterocycles. The Bertz CT molecular complexity index is 1010. The first-order chi connectivity index (χ1) is 16.1. The molecule has 34 heavy (non-hydrogen) atoms. The summed E-state index contributed by atoms with van der Waals surface area (Å²) in [7, 11) is 1.47. The minimum absolute atomic E-state index is 0.449. The summed E-state index contributed by atoms with van der Waals surface area (Å²) in [5.41, 5.74) is 11.9. The lowest BCUT2D eigenvalue weighted by atomic mass is 10.3. The number of hydrazone groups is 3. The lowest BCUT2D eigenvalue weighted by Gasteiger charge is -2.22. The Labute approximate surface area is 188 Å². The van der Waals surface area contributed by atoms with Crippen LogP contribution in [0.4, 0.5) is 32.0 Å². The molecule has 7 N–H and O–H groups in total. The van der Waals surface area contributed by atoms with E-state index >= 15 is 0 Å². The molecule has 184 valence electrons. The molecule has 0 atom stereocenters. The van der Waals surface area contributed by atoms with Crippen LogP contribution in [0.3, 0.4) is 0 Å². The number of para-hydroxylation sites is 1. The average Bonchev–Trinajstić information content (AvgIpc) is 2.73. The molecule has 0 amide bonds. The van der Waals surface area contributed by atoms with Crippen LogP contribution in [0.25, 0.3) is 0 Å². The first-order valence-corrected chi connectivity index (χ1v) is 8.92. The Hall–Kier alpha value is -4.45. The summed E-state index contributed by atoms with van der Waals surface area (Å²) >= 11 is 0. The number of halogens is 6. The summed E-state index contributed by atoms with van der Waals surface area (Å²) in [4.78, 5) is 0. The molecule has 1 aromatic rings. The number of benzene rings is 1. The molecule has 18 heteroatoms. The molecule has 1 aromatic carbocycles. The number of hydrazine groups is 6. The van der Waals surface area contributed by atoms with E-state index in [2.05, 4.69) is 37.0 Å². The molecule has 0 bridgehead atoms. The summed E-state index contributed by atoms with van der Waals surface area (Å²) in [6.45, 7) is 0. The van der Waals surface area contributed by atoms with Crippen molar-refractivity contribution >= 4 is 23.6 Å². The van der Waals surface area contributed by atoms with Crippen molar-refractivity contribution in [2.75, 3.05) is 12.5 Å². The van der Waals surface area contributed by atoms with E-state index in [9.17, 15) is 26.3 Å². The molecule has 0 saturated heterocycles. The Morgan fingerprint density at radius 1 is 0.706 bits per heavy atom. The number of anilines is 1. The van der Waals surface area contributed by atoms with Crippen molar-refractivity contribution in [1.29, 1.82) is 0 Å². The highest BCUT2D eigenvalue weighted by Crippen LogP contribution is 2.09. The van der Waals surface area contributed by atoms with E-state index in [4.69, 9.17) is 5.84 Å². The number of allylic oxidation sites excluding steroid dienone is 3. The van der Waals surface area contributed by atoms with E-state index in [0.29, 0.717) is 29.1 Å². The highest BCUT2D eigenvalue weighted by molar-refractivity contribution is 5.87. The van der Waals surface area contributed by atoms with Gasteiger partial charge in [-0.3, -0.25) is 5.43 Å². The van der Waals surface area contributed by atoms with Crippen molar-refractivity contribution in [2.24, 2.45) is 21.1 Å². The van der Waals surface area contributed by atoms with Crippen LogP contribution in [0.1, 0.15) is 0 Å². The normalized spacial score (nSPS) is 16.8. The van der Waals surface area contributed by atoms with Crippen molar-refractivity contribution in [2.45, 2.75) is 0 Å². The molecule has 0 radical (unpaired) electrons. The second kappa shape index (κ2) is 12.6. The first kappa shape index (κ1) is 25.8. The van der Waals surface area contributed by atoms with Crippen molar-refractivity contribution < 1.29 is 26.3 Å². The third-order valence-corrected chi connectivity index (χ3v) is 3.20. The third kappa shape index (κ3) is 9.36. The molecule has 0 unspecified atom stereocenters. The Kier molecular flexibility index (Phi) is 9.53. The number of hydrogen-bond donors (Lipinski definition) is 6. The van der Waals surface area contributed by atoms with E-state index in [-0.39, 0.29) is 0 Å². The SMILES string of the molecule is CNN1N=C(F)C=C(F)N1.FC1=CC(F)=NN(Nc2ccccc2)N1.NN1N=C(F)C=C(F)N1. The Morgan fingerprint density at radius 2 is 1.18 bits per heavy atom. The van der Waals surface area contributed by atoms with Crippen molar-refractivity contribution in [3.63, 3.8) is 0 Å².